The van der Waals surface area contributed by atoms with Crippen molar-refractivity contribution in [2.45, 2.75) is 129 Å². The minimum atomic E-state index is 0.0166. The van der Waals surface area contributed by atoms with E-state index in [1.807, 2.05) is 6.92 Å². The minimum absolute atomic E-state index is 0.0166. The summed E-state index contributed by atoms with van der Waals surface area (Å²) in [6, 6.07) is 0. The van der Waals surface area contributed by atoms with Crippen LogP contribution in [0.15, 0.2) is 10.1 Å². The normalized spacial score (nSPS) is 18.0. The van der Waals surface area contributed by atoms with Gasteiger partial charge in [0.1, 0.15) is 0 Å². The van der Waals surface area contributed by atoms with Crippen LogP contribution in [0.2, 0.25) is 0 Å². The van der Waals surface area contributed by atoms with Crippen LogP contribution >= 0.6 is 0 Å². The van der Waals surface area contributed by atoms with Crippen molar-refractivity contribution in [3.63, 3.8) is 0 Å². The van der Waals surface area contributed by atoms with Crippen molar-refractivity contribution in [1.82, 2.24) is 0 Å². The van der Waals surface area contributed by atoms with Gasteiger partial charge in [0.25, 0.3) is 5.90 Å². The monoisotopic (exact) mass is 392 g/mol. The fraction of sp³-hybridized carbons (Fsp3) is 0.875. The third-order valence-corrected chi connectivity index (χ3v) is 5.49. The molecule has 0 amide bonds. The summed E-state index contributed by atoms with van der Waals surface area (Å²) in [5.74, 6) is 0.248. The van der Waals surface area contributed by atoms with Crippen LogP contribution in [-0.4, -0.2) is 23.9 Å². The molecule has 28 heavy (non-hydrogen) atoms. The number of nitrogens with zero attached hydrogens (tertiary/aromatic N) is 2. The topological polar surface area (TPSA) is 51.0 Å². The van der Waals surface area contributed by atoms with Crippen molar-refractivity contribution in [2.24, 2.45) is 10.1 Å². The van der Waals surface area contributed by atoms with Gasteiger partial charge in [0, 0.05) is 13.0 Å². The molecule has 0 saturated heterocycles. The highest BCUT2D eigenvalue weighted by Crippen LogP contribution is 2.12. The van der Waals surface area contributed by atoms with Crippen molar-refractivity contribution in [1.29, 1.82) is 0 Å². The Morgan fingerprint density at radius 1 is 0.857 bits per heavy atom. The van der Waals surface area contributed by atoms with E-state index in [0.29, 0.717) is 13.0 Å². The van der Waals surface area contributed by atoms with Crippen molar-refractivity contribution in [3.05, 3.63) is 0 Å². The smallest absolute Gasteiger partial charge is 0.287 e. The standard InChI is InChI=1S/C24H44N2O2/c1-3-4-5-6-7-10-13-16-19-22(2)26-28-24-23(27)20-17-14-11-8-9-12-15-18-21-25-24/h3-21H2,1-2H3. The molecule has 0 bridgehead atoms. The Morgan fingerprint density at radius 2 is 1.43 bits per heavy atom. The first-order valence-electron chi connectivity index (χ1n) is 12.0. The number of oxime groups is 1. The molecule has 0 fully saturated rings. The number of carbonyl (C=O) groups excluding carboxylic acids is 1. The summed E-state index contributed by atoms with van der Waals surface area (Å²) in [7, 11) is 0. The zero-order valence-corrected chi connectivity index (χ0v) is 18.6. The van der Waals surface area contributed by atoms with E-state index in [1.165, 1.54) is 77.0 Å². The number of carbonyl (C=O) groups is 1. The van der Waals surface area contributed by atoms with Crippen molar-refractivity contribution in [3.8, 4) is 0 Å². The SMILES string of the molecule is CCCCCCCCCCC(C)=NOC1=NCCCCCCCCCCC1=O. The summed E-state index contributed by atoms with van der Waals surface area (Å²) < 4.78 is 0. The van der Waals surface area contributed by atoms with Crippen LogP contribution < -0.4 is 0 Å². The Hall–Kier alpha value is -1.19. The van der Waals surface area contributed by atoms with Gasteiger partial charge in [-0.05, 0) is 32.6 Å². The number of hydrogen-bond acceptors (Lipinski definition) is 4. The highest BCUT2D eigenvalue weighted by molar-refractivity contribution is 6.36. The maximum absolute atomic E-state index is 12.4. The lowest BCUT2D eigenvalue weighted by Gasteiger charge is -2.05. The molecule has 1 aliphatic heterocycles. The van der Waals surface area contributed by atoms with Crippen molar-refractivity contribution < 1.29 is 9.63 Å². The minimum Gasteiger partial charge on any atom is -0.333 e. The molecule has 0 radical (unpaired) electrons. The molecule has 162 valence electrons. The van der Waals surface area contributed by atoms with Crippen LogP contribution in [0.3, 0.4) is 0 Å². The predicted octanol–water partition coefficient (Wildman–Crippen LogP) is 7.40. The van der Waals surface area contributed by atoms with Crippen LogP contribution in [0.1, 0.15) is 129 Å². The average Bonchev–Trinajstić information content (AvgIpc) is 2.71. The maximum atomic E-state index is 12.4. The van der Waals surface area contributed by atoms with E-state index in [1.54, 1.807) is 0 Å². The van der Waals surface area contributed by atoms with Gasteiger partial charge in [-0.15, -0.1) is 0 Å². The Labute approximate surface area is 173 Å². The first-order chi connectivity index (χ1) is 13.7. The summed E-state index contributed by atoms with van der Waals surface area (Å²) in [4.78, 5) is 22.3. The predicted molar refractivity (Wildman–Crippen MR) is 120 cm³/mol. The number of hydrogen-bond donors (Lipinski definition) is 0. The maximum Gasteiger partial charge on any atom is 0.287 e. The second kappa shape index (κ2) is 17.9. The van der Waals surface area contributed by atoms with Crippen LogP contribution in [0.4, 0.5) is 0 Å². The van der Waals surface area contributed by atoms with Crippen molar-refractivity contribution >= 4 is 17.4 Å². The highest BCUT2D eigenvalue weighted by Gasteiger charge is 2.14. The molecule has 1 rings (SSSR count). The van der Waals surface area contributed by atoms with Gasteiger partial charge in [-0.2, -0.15) is 0 Å². The van der Waals surface area contributed by atoms with Gasteiger partial charge in [0.15, 0.2) is 0 Å². The lowest BCUT2D eigenvalue weighted by molar-refractivity contribution is -0.114. The molecule has 0 spiro atoms. The Kier molecular flexibility index (Phi) is 15.9. The van der Waals surface area contributed by atoms with Crippen molar-refractivity contribution in [2.75, 3.05) is 6.54 Å². The largest absolute Gasteiger partial charge is 0.333 e. The third-order valence-electron chi connectivity index (χ3n) is 5.49. The number of rotatable bonds is 10. The fourth-order valence-corrected chi connectivity index (χ4v) is 3.60. The van der Waals surface area contributed by atoms with E-state index in [-0.39, 0.29) is 11.7 Å². The molecule has 4 heteroatoms. The first kappa shape index (κ1) is 24.8. The van der Waals surface area contributed by atoms with E-state index in [9.17, 15) is 4.79 Å². The molecule has 0 atom stereocenters. The van der Waals surface area contributed by atoms with E-state index < -0.39 is 0 Å². The van der Waals surface area contributed by atoms with E-state index in [2.05, 4.69) is 17.1 Å². The first-order valence-corrected chi connectivity index (χ1v) is 12.0. The molecule has 4 nitrogen and oxygen atoms in total. The Morgan fingerprint density at radius 3 is 2.11 bits per heavy atom. The lowest BCUT2D eigenvalue weighted by Crippen LogP contribution is -2.17. The summed E-state index contributed by atoms with van der Waals surface area (Å²) in [5.41, 5.74) is 0.962. The molecule has 1 heterocycles. The van der Waals surface area contributed by atoms with Gasteiger partial charge >= 0.3 is 0 Å². The molecule has 1 aliphatic rings. The molecule has 0 aliphatic carbocycles. The molecule has 0 N–H and O–H groups in total. The van der Waals surface area contributed by atoms with Gasteiger partial charge in [-0.1, -0.05) is 95.6 Å². The molecule has 0 aromatic rings. The van der Waals surface area contributed by atoms with E-state index in [0.717, 1.165) is 37.8 Å². The number of Topliss-reactive ketones (excluding diaryl/α,β-unsaturated/α-hetero) is 1. The third kappa shape index (κ3) is 13.9. The zero-order valence-electron chi connectivity index (χ0n) is 18.6. The molecular weight excluding hydrogens is 348 g/mol. The number of unbranched alkanes of at least 4 members (excludes halogenated alkanes) is 7. The van der Waals surface area contributed by atoms with Gasteiger partial charge in [-0.25, -0.2) is 4.99 Å². The quantitative estimate of drug-likeness (QED) is 0.221. The molecule has 0 aromatic heterocycles. The Balaban J connectivity index is 2.32. The summed E-state index contributed by atoms with van der Waals surface area (Å²) in [6.07, 6.45) is 21.3. The van der Waals surface area contributed by atoms with Crippen LogP contribution in [0.25, 0.3) is 0 Å². The molecule has 0 unspecified atom stereocenters. The van der Waals surface area contributed by atoms with Gasteiger partial charge in [0.05, 0.1) is 5.71 Å². The fourth-order valence-electron chi connectivity index (χ4n) is 3.60. The number of aliphatic imine (C=N–C) groups is 1. The van der Waals surface area contributed by atoms with Gasteiger partial charge < -0.3 is 4.84 Å². The van der Waals surface area contributed by atoms with E-state index in [4.69, 9.17) is 4.84 Å². The summed E-state index contributed by atoms with van der Waals surface area (Å²) >= 11 is 0. The van der Waals surface area contributed by atoms with Gasteiger partial charge in [-0.3, -0.25) is 4.79 Å². The van der Waals surface area contributed by atoms with Gasteiger partial charge in [0.2, 0.25) is 5.78 Å². The molecule has 0 aromatic carbocycles. The lowest BCUT2D eigenvalue weighted by atomic mass is 10.1. The number of ketones is 1. The summed E-state index contributed by atoms with van der Waals surface area (Å²) in [5, 5.41) is 4.21. The second-order valence-corrected chi connectivity index (χ2v) is 8.33. The summed E-state index contributed by atoms with van der Waals surface area (Å²) in [6.45, 7) is 4.92. The van der Waals surface area contributed by atoms with Crippen LogP contribution in [-0.2, 0) is 9.63 Å². The van der Waals surface area contributed by atoms with Crippen LogP contribution in [0, 0.1) is 0 Å². The second-order valence-electron chi connectivity index (χ2n) is 8.33. The molecular formula is C24H44N2O2. The molecule has 0 saturated carbocycles. The Bertz CT molecular complexity index is 458. The zero-order chi connectivity index (χ0) is 20.3. The average molecular weight is 393 g/mol. The highest BCUT2D eigenvalue weighted by atomic mass is 16.6. The van der Waals surface area contributed by atoms with E-state index >= 15 is 0 Å². The van der Waals surface area contributed by atoms with Crippen LogP contribution in [0.5, 0.6) is 0 Å².